The number of amides is 1. The zero-order valence-corrected chi connectivity index (χ0v) is 17.8. The lowest BCUT2D eigenvalue weighted by molar-refractivity contribution is -0.129. The molecule has 1 saturated carbocycles. The Morgan fingerprint density at radius 1 is 1.23 bits per heavy atom. The van der Waals surface area contributed by atoms with Crippen LogP contribution in [-0.4, -0.2) is 47.1 Å². The average Bonchev–Trinajstić information content (AvgIpc) is 3.50. The molecule has 0 spiro atoms. The van der Waals surface area contributed by atoms with Crippen molar-refractivity contribution in [2.24, 2.45) is 0 Å². The fraction of sp³-hybridized carbons (Fsp3) is 0.522. The zero-order valence-electron chi connectivity index (χ0n) is 17.8. The van der Waals surface area contributed by atoms with Crippen molar-refractivity contribution in [1.82, 2.24) is 9.47 Å². The third-order valence-corrected chi connectivity index (χ3v) is 6.67. The summed E-state index contributed by atoms with van der Waals surface area (Å²) in [5.41, 5.74) is 1.20. The van der Waals surface area contributed by atoms with E-state index < -0.39 is 17.2 Å². The Kier molecular flexibility index (Phi) is 4.75. The van der Waals surface area contributed by atoms with E-state index in [1.54, 1.807) is 18.0 Å². The van der Waals surface area contributed by atoms with Crippen LogP contribution in [0.2, 0.25) is 0 Å². The number of ether oxygens (including phenoxy) is 1. The van der Waals surface area contributed by atoms with Gasteiger partial charge in [0.25, 0.3) is 0 Å². The van der Waals surface area contributed by atoms with Gasteiger partial charge in [0.15, 0.2) is 0 Å². The van der Waals surface area contributed by atoms with Gasteiger partial charge in [0.1, 0.15) is 11.4 Å². The van der Waals surface area contributed by atoms with E-state index >= 15 is 4.39 Å². The molecule has 8 heteroatoms. The van der Waals surface area contributed by atoms with Crippen LogP contribution in [-0.2, 0) is 16.1 Å². The number of halogens is 1. The number of hydrogen-bond acceptors (Lipinski definition) is 5. The quantitative estimate of drug-likeness (QED) is 0.705. The van der Waals surface area contributed by atoms with E-state index in [0.29, 0.717) is 23.3 Å². The van der Waals surface area contributed by atoms with Crippen molar-refractivity contribution in [2.45, 2.75) is 58.2 Å². The molecule has 7 nitrogen and oxygen atoms in total. The van der Waals surface area contributed by atoms with E-state index in [4.69, 9.17) is 4.74 Å². The number of pyridine rings is 1. The number of carbonyl (C=O) groups is 2. The highest BCUT2D eigenvalue weighted by Crippen LogP contribution is 2.43. The van der Waals surface area contributed by atoms with Crippen LogP contribution >= 0.6 is 0 Å². The third kappa shape index (κ3) is 3.20. The number of esters is 1. The molecule has 0 radical (unpaired) electrons. The number of aromatic nitrogens is 1. The second kappa shape index (κ2) is 7.35. The molecule has 1 saturated heterocycles. The highest BCUT2D eigenvalue weighted by atomic mass is 19.1. The summed E-state index contributed by atoms with van der Waals surface area (Å²) in [5.74, 6) is -1.23. The normalized spacial score (nSPS) is 20.4. The molecular formula is C23H26FN3O4. The van der Waals surface area contributed by atoms with Gasteiger partial charge in [0.05, 0.1) is 17.8 Å². The van der Waals surface area contributed by atoms with Crippen molar-refractivity contribution in [3.63, 3.8) is 0 Å². The molecule has 31 heavy (non-hydrogen) atoms. The highest BCUT2D eigenvalue weighted by Gasteiger charge is 2.37. The summed E-state index contributed by atoms with van der Waals surface area (Å²) in [6, 6.07) is 1.49. The first-order chi connectivity index (χ1) is 14.9. The smallest absolute Gasteiger partial charge is 0.343 e. The minimum Gasteiger partial charge on any atom is -0.462 e. The Bertz CT molecular complexity index is 1150. The second-order valence-electron chi connectivity index (χ2n) is 8.70. The Balaban J connectivity index is 1.83. The van der Waals surface area contributed by atoms with Gasteiger partial charge in [-0.05, 0) is 38.7 Å². The third-order valence-electron chi connectivity index (χ3n) is 6.67. The van der Waals surface area contributed by atoms with Crippen LogP contribution in [0.1, 0.15) is 61.5 Å². The van der Waals surface area contributed by atoms with Crippen LogP contribution in [0.25, 0.3) is 10.9 Å². The van der Waals surface area contributed by atoms with Crippen LogP contribution in [0.3, 0.4) is 0 Å². The molecule has 164 valence electrons. The highest BCUT2D eigenvalue weighted by molar-refractivity contribution is 5.96. The lowest BCUT2D eigenvalue weighted by atomic mass is 10.0. The van der Waals surface area contributed by atoms with Crippen molar-refractivity contribution >= 4 is 28.5 Å². The summed E-state index contributed by atoms with van der Waals surface area (Å²) < 4.78 is 22.6. The van der Waals surface area contributed by atoms with E-state index in [0.717, 1.165) is 32.2 Å². The maximum atomic E-state index is 15.5. The van der Waals surface area contributed by atoms with Gasteiger partial charge in [0, 0.05) is 55.8 Å². The van der Waals surface area contributed by atoms with Gasteiger partial charge in [-0.15, -0.1) is 0 Å². The molecule has 5 rings (SSSR count). The van der Waals surface area contributed by atoms with Crippen molar-refractivity contribution < 1.29 is 18.7 Å². The summed E-state index contributed by atoms with van der Waals surface area (Å²) in [4.78, 5) is 41.8. The van der Waals surface area contributed by atoms with E-state index in [1.165, 1.54) is 13.0 Å². The van der Waals surface area contributed by atoms with Crippen LogP contribution in [0.15, 0.2) is 17.1 Å². The summed E-state index contributed by atoms with van der Waals surface area (Å²) in [6.45, 7) is 4.87. The van der Waals surface area contributed by atoms with Gasteiger partial charge in [-0.2, -0.15) is 0 Å². The van der Waals surface area contributed by atoms with Crippen LogP contribution in [0, 0.1) is 5.82 Å². The standard InChI is InChI=1S/C23H26FN3O4/c1-3-31-23(30)18-12-27(14-6-7-14)20-16(22(18)29)9-19(24)21-17(20)11-25(13(2)28)10-15-5-4-8-26(15)21/h9,12,14-15H,3-8,10-11H2,1-2H3. The molecule has 2 fully saturated rings. The van der Waals surface area contributed by atoms with E-state index in [2.05, 4.69) is 4.90 Å². The van der Waals surface area contributed by atoms with E-state index in [9.17, 15) is 14.4 Å². The fourth-order valence-corrected chi connectivity index (χ4v) is 5.08. The molecular weight excluding hydrogens is 401 g/mol. The number of rotatable bonds is 3. The zero-order chi connectivity index (χ0) is 21.9. The summed E-state index contributed by atoms with van der Waals surface area (Å²) >= 11 is 0. The maximum Gasteiger partial charge on any atom is 0.343 e. The van der Waals surface area contributed by atoms with Crippen LogP contribution < -0.4 is 10.3 Å². The number of anilines is 1. The molecule has 3 aliphatic rings. The molecule has 0 N–H and O–H groups in total. The van der Waals surface area contributed by atoms with Crippen molar-refractivity contribution in [3.05, 3.63) is 39.4 Å². The number of fused-ring (bicyclic) bond motifs is 5. The van der Waals surface area contributed by atoms with Gasteiger partial charge in [-0.1, -0.05) is 0 Å². The molecule has 0 bridgehead atoms. The van der Waals surface area contributed by atoms with Crippen LogP contribution in [0.4, 0.5) is 10.1 Å². The molecule has 1 atom stereocenters. The molecule has 2 aromatic rings. The van der Waals surface area contributed by atoms with Crippen molar-refractivity contribution in [2.75, 3.05) is 24.6 Å². The average molecular weight is 427 g/mol. The van der Waals surface area contributed by atoms with Gasteiger partial charge >= 0.3 is 5.97 Å². The lowest BCUT2D eigenvalue weighted by Gasteiger charge is -2.27. The maximum absolute atomic E-state index is 15.5. The van der Waals surface area contributed by atoms with Gasteiger partial charge < -0.3 is 19.1 Å². The van der Waals surface area contributed by atoms with Crippen molar-refractivity contribution in [1.29, 1.82) is 0 Å². The fourth-order valence-electron chi connectivity index (χ4n) is 5.08. The SMILES string of the molecule is CCOC(=O)c1cn(C2CC2)c2c3c(c(F)cc2c1=O)N1CCCC1CN(C(C)=O)C3. The molecule has 1 aromatic heterocycles. The Morgan fingerprint density at radius 3 is 2.68 bits per heavy atom. The van der Waals surface area contributed by atoms with Crippen LogP contribution in [0.5, 0.6) is 0 Å². The van der Waals surface area contributed by atoms with Gasteiger partial charge in [0.2, 0.25) is 11.3 Å². The first-order valence-corrected chi connectivity index (χ1v) is 11.0. The largest absolute Gasteiger partial charge is 0.462 e. The summed E-state index contributed by atoms with van der Waals surface area (Å²) in [7, 11) is 0. The lowest BCUT2D eigenvalue weighted by Crippen LogP contribution is -2.39. The molecule has 1 aliphatic carbocycles. The topological polar surface area (TPSA) is 71.8 Å². The number of carbonyl (C=O) groups excluding carboxylic acids is 2. The summed E-state index contributed by atoms with van der Waals surface area (Å²) in [5, 5.41) is 0.176. The minimum atomic E-state index is -0.691. The number of hydrogen-bond donors (Lipinski definition) is 0. The predicted molar refractivity (Wildman–Crippen MR) is 114 cm³/mol. The molecule has 1 unspecified atom stereocenters. The first kappa shape index (κ1) is 20.0. The monoisotopic (exact) mass is 427 g/mol. The van der Waals surface area contributed by atoms with Gasteiger partial charge in [-0.25, -0.2) is 9.18 Å². The molecule has 1 amide bonds. The second-order valence-corrected chi connectivity index (χ2v) is 8.70. The van der Waals surface area contributed by atoms with E-state index in [-0.39, 0.29) is 42.1 Å². The Hall–Kier alpha value is -2.90. The molecule has 2 aliphatic heterocycles. The Morgan fingerprint density at radius 2 is 2.00 bits per heavy atom. The first-order valence-electron chi connectivity index (χ1n) is 11.0. The van der Waals surface area contributed by atoms with Gasteiger partial charge in [-0.3, -0.25) is 9.59 Å². The predicted octanol–water partition coefficient (Wildman–Crippen LogP) is 2.98. The minimum absolute atomic E-state index is 0.0667. The molecule has 3 heterocycles. The number of nitrogens with zero attached hydrogens (tertiary/aromatic N) is 3. The molecule has 1 aromatic carbocycles. The Labute approximate surface area is 179 Å². The van der Waals surface area contributed by atoms with E-state index in [1.807, 2.05) is 4.57 Å². The van der Waals surface area contributed by atoms with Crippen molar-refractivity contribution in [3.8, 4) is 0 Å². The summed E-state index contributed by atoms with van der Waals surface area (Å²) in [6.07, 6.45) is 5.26. The number of benzene rings is 1.